The number of hydrogen-bond donors (Lipinski definition) is 1. The third-order valence-corrected chi connectivity index (χ3v) is 9.47. The number of rotatable bonds is 7. The van der Waals surface area contributed by atoms with Gasteiger partial charge < -0.3 is 5.32 Å². The van der Waals surface area contributed by atoms with Gasteiger partial charge in [-0.25, -0.2) is 8.42 Å². The summed E-state index contributed by atoms with van der Waals surface area (Å²) < 4.78 is 27.9. The first-order valence-corrected chi connectivity index (χ1v) is 14.3. The van der Waals surface area contributed by atoms with Crippen molar-refractivity contribution in [3.63, 3.8) is 0 Å². The molecule has 0 atom stereocenters. The molecule has 2 fully saturated rings. The fourth-order valence-electron chi connectivity index (χ4n) is 4.58. The van der Waals surface area contributed by atoms with Crippen molar-refractivity contribution in [2.75, 3.05) is 37.0 Å². The lowest BCUT2D eigenvalue weighted by Gasteiger charge is -2.30. The number of carbonyl (C=O) groups excluding carboxylic acids is 1. The minimum Gasteiger partial charge on any atom is -0.322 e. The zero-order chi connectivity index (χ0) is 23.3. The number of amides is 1. The van der Waals surface area contributed by atoms with Gasteiger partial charge in [0.1, 0.15) is 0 Å². The summed E-state index contributed by atoms with van der Waals surface area (Å²) >= 11 is 1.97. The van der Waals surface area contributed by atoms with Crippen molar-refractivity contribution in [1.29, 1.82) is 0 Å². The molecule has 178 valence electrons. The molecule has 4 rings (SSSR count). The molecule has 1 aliphatic carbocycles. The number of hydrogen-bond acceptors (Lipinski definition) is 5. The molecule has 33 heavy (non-hydrogen) atoms. The Balaban J connectivity index is 1.49. The van der Waals surface area contributed by atoms with Crippen LogP contribution in [0.25, 0.3) is 0 Å². The summed E-state index contributed by atoms with van der Waals surface area (Å²) in [6.07, 6.45) is 5.06. The van der Waals surface area contributed by atoms with E-state index in [2.05, 4.69) is 10.2 Å². The van der Waals surface area contributed by atoms with E-state index >= 15 is 0 Å². The molecule has 6 nitrogen and oxygen atoms in total. The second-order valence-electron chi connectivity index (χ2n) is 8.84. The van der Waals surface area contributed by atoms with Gasteiger partial charge >= 0.3 is 0 Å². The lowest BCUT2D eigenvalue weighted by molar-refractivity contribution is 0.102. The van der Waals surface area contributed by atoms with E-state index in [1.807, 2.05) is 36.0 Å². The van der Waals surface area contributed by atoms with E-state index in [-0.39, 0.29) is 16.8 Å². The van der Waals surface area contributed by atoms with Gasteiger partial charge in [-0.3, -0.25) is 9.69 Å². The van der Waals surface area contributed by atoms with Crippen molar-refractivity contribution in [3.8, 4) is 0 Å². The number of anilines is 1. The summed E-state index contributed by atoms with van der Waals surface area (Å²) in [6, 6.07) is 14.3. The number of para-hydroxylation sites is 1. The lowest BCUT2D eigenvalue weighted by Crippen LogP contribution is -2.38. The van der Waals surface area contributed by atoms with Crippen LogP contribution < -0.4 is 5.32 Å². The number of carbonyl (C=O) groups is 1. The molecule has 1 saturated carbocycles. The Bertz CT molecular complexity index is 1060. The Kier molecular flexibility index (Phi) is 8.11. The zero-order valence-electron chi connectivity index (χ0n) is 19.2. The van der Waals surface area contributed by atoms with Crippen molar-refractivity contribution in [2.24, 2.45) is 0 Å². The van der Waals surface area contributed by atoms with Crippen LogP contribution in [-0.2, 0) is 16.6 Å². The maximum absolute atomic E-state index is 13.2. The van der Waals surface area contributed by atoms with Gasteiger partial charge in [0.05, 0.1) is 4.90 Å². The molecule has 1 amide bonds. The van der Waals surface area contributed by atoms with Crippen LogP contribution in [0.5, 0.6) is 0 Å². The quantitative estimate of drug-likeness (QED) is 0.625. The third kappa shape index (κ3) is 5.98. The molecule has 0 unspecified atom stereocenters. The zero-order valence-corrected chi connectivity index (χ0v) is 20.8. The Labute approximate surface area is 201 Å². The molecular formula is C25H33N3O3S2. The molecule has 0 radical (unpaired) electrons. The fraction of sp³-hybridized carbons (Fsp3) is 0.480. The summed E-state index contributed by atoms with van der Waals surface area (Å²) in [5.74, 6) is 1.96. The summed E-state index contributed by atoms with van der Waals surface area (Å²) in [5, 5.41) is 3.01. The van der Waals surface area contributed by atoms with E-state index in [1.165, 1.54) is 10.4 Å². The first-order chi connectivity index (χ1) is 15.9. The van der Waals surface area contributed by atoms with Gasteiger partial charge in [-0.05, 0) is 42.7 Å². The van der Waals surface area contributed by atoms with Crippen molar-refractivity contribution >= 4 is 33.4 Å². The minimum atomic E-state index is -3.65. The second kappa shape index (κ2) is 11.0. The molecule has 2 aromatic rings. The Morgan fingerprint density at radius 3 is 2.55 bits per heavy atom. The van der Waals surface area contributed by atoms with E-state index in [4.69, 9.17) is 0 Å². The first-order valence-electron chi connectivity index (χ1n) is 11.7. The monoisotopic (exact) mass is 487 g/mol. The summed E-state index contributed by atoms with van der Waals surface area (Å²) in [6.45, 7) is 2.88. The van der Waals surface area contributed by atoms with E-state index in [0.29, 0.717) is 5.56 Å². The molecule has 0 bridgehead atoms. The molecule has 0 aromatic heterocycles. The molecule has 8 heteroatoms. The second-order valence-corrected chi connectivity index (χ2v) is 12.1. The Hall–Kier alpha value is -1.87. The van der Waals surface area contributed by atoms with Crippen LogP contribution >= 0.6 is 11.8 Å². The topological polar surface area (TPSA) is 69.7 Å². The summed E-state index contributed by atoms with van der Waals surface area (Å²) in [4.78, 5) is 15.6. The minimum absolute atomic E-state index is 0.0290. The predicted molar refractivity (Wildman–Crippen MR) is 135 cm³/mol. The Morgan fingerprint density at radius 1 is 1.06 bits per heavy atom. The average molecular weight is 488 g/mol. The fourth-order valence-corrected chi connectivity index (χ4v) is 7.02. The highest BCUT2D eigenvalue weighted by atomic mass is 32.2. The standard InChI is InChI=1S/C25H33N3O3S2/c1-27(22-10-3-2-4-11-22)33(30,31)23-12-7-9-20(18-23)25(29)26-24-13-6-5-8-21(24)19-28-14-16-32-17-15-28/h5-9,12-13,18,22H,2-4,10-11,14-17,19H2,1H3,(H,26,29). The smallest absolute Gasteiger partial charge is 0.255 e. The Morgan fingerprint density at radius 2 is 1.79 bits per heavy atom. The third-order valence-electron chi connectivity index (χ3n) is 6.63. The predicted octanol–water partition coefficient (Wildman–Crippen LogP) is 4.44. The largest absolute Gasteiger partial charge is 0.322 e. The van der Waals surface area contributed by atoms with Gasteiger partial charge in [0.15, 0.2) is 0 Å². The van der Waals surface area contributed by atoms with Crippen LogP contribution in [0, 0.1) is 0 Å². The number of thioether (sulfide) groups is 1. The number of benzene rings is 2. The molecule has 1 N–H and O–H groups in total. The van der Waals surface area contributed by atoms with Crippen LogP contribution in [-0.4, -0.2) is 61.2 Å². The lowest BCUT2D eigenvalue weighted by atomic mass is 9.96. The highest BCUT2D eigenvalue weighted by molar-refractivity contribution is 7.99. The van der Waals surface area contributed by atoms with Gasteiger partial charge in [0.25, 0.3) is 5.91 Å². The SMILES string of the molecule is CN(C1CCCCC1)S(=O)(=O)c1cccc(C(=O)Nc2ccccc2CN2CCSCC2)c1. The molecule has 0 spiro atoms. The number of nitrogens with zero attached hydrogens (tertiary/aromatic N) is 2. The van der Waals surface area contributed by atoms with Gasteiger partial charge in [-0.2, -0.15) is 16.1 Å². The normalized spacial score (nSPS) is 18.4. The highest BCUT2D eigenvalue weighted by Gasteiger charge is 2.29. The van der Waals surface area contributed by atoms with Gasteiger partial charge in [-0.15, -0.1) is 0 Å². The first kappa shape index (κ1) is 24.3. The summed E-state index contributed by atoms with van der Waals surface area (Å²) in [5.41, 5.74) is 2.18. The molecular weight excluding hydrogens is 454 g/mol. The number of sulfonamides is 1. The highest BCUT2D eigenvalue weighted by Crippen LogP contribution is 2.27. The van der Waals surface area contributed by atoms with Gasteiger partial charge in [0.2, 0.25) is 10.0 Å². The molecule has 1 saturated heterocycles. The van der Waals surface area contributed by atoms with Gasteiger partial charge in [0, 0.05) is 55.5 Å². The molecule has 1 heterocycles. The van der Waals surface area contributed by atoms with Gasteiger partial charge in [-0.1, -0.05) is 43.5 Å². The van der Waals surface area contributed by atoms with E-state index in [9.17, 15) is 13.2 Å². The van der Waals surface area contributed by atoms with E-state index < -0.39 is 10.0 Å². The van der Waals surface area contributed by atoms with Crippen molar-refractivity contribution < 1.29 is 13.2 Å². The van der Waals surface area contributed by atoms with E-state index in [1.54, 1.807) is 25.2 Å². The van der Waals surface area contributed by atoms with Crippen molar-refractivity contribution in [2.45, 2.75) is 49.6 Å². The summed E-state index contributed by atoms with van der Waals surface area (Å²) in [7, 11) is -1.99. The number of nitrogens with one attached hydrogen (secondary N) is 1. The molecule has 1 aliphatic heterocycles. The van der Waals surface area contributed by atoms with Crippen molar-refractivity contribution in [3.05, 3.63) is 59.7 Å². The maximum Gasteiger partial charge on any atom is 0.255 e. The van der Waals surface area contributed by atoms with Crippen LogP contribution in [0.2, 0.25) is 0 Å². The van der Waals surface area contributed by atoms with E-state index in [0.717, 1.165) is 74.5 Å². The average Bonchev–Trinajstić information content (AvgIpc) is 2.86. The molecule has 2 aliphatic rings. The van der Waals surface area contributed by atoms with Crippen LogP contribution in [0.1, 0.15) is 48.0 Å². The maximum atomic E-state index is 13.2. The van der Waals surface area contributed by atoms with Crippen molar-refractivity contribution in [1.82, 2.24) is 9.21 Å². The van der Waals surface area contributed by atoms with Crippen LogP contribution in [0.3, 0.4) is 0 Å². The van der Waals surface area contributed by atoms with Crippen LogP contribution in [0.15, 0.2) is 53.4 Å². The molecule has 2 aromatic carbocycles. The van der Waals surface area contributed by atoms with Crippen LogP contribution in [0.4, 0.5) is 5.69 Å².